The monoisotopic (exact) mass is 427 g/mol. The average molecular weight is 428 g/mol. The predicted molar refractivity (Wildman–Crippen MR) is 108 cm³/mol. The van der Waals surface area contributed by atoms with Crippen LogP contribution in [0.1, 0.15) is 32.8 Å². The second kappa shape index (κ2) is 9.84. The van der Waals surface area contributed by atoms with E-state index >= 15 is 0 Å². The number of benzene rings is 1. The molecule has 1 unspecified atom stereocenters. The molecule has 0 aliphatic carbocycles. The first-order valence-corrected chi connectivity index (χ1v) is 9.95. The molecule has 0 saturated carbocycles. The lowest BCUT2D eigenvalue weighted by Gasteiger charge is -2.18. The van der Waals surface area contributed by atoms with Gasteiger partial charge in [-0.3, -0.25) is 19.3 Å². The van der Waals surface area contributed by atoms with Gasteiger partial charge in [0.05, 0.1) is 29.7 Å². The summed E-state index contributed by atoms with van der Waals surface area (Å²) < 4.78 is 16.0. The predicted octanol–water partition coefficient (Wildman–Crippen LogP) is 4.13. The molecule has 2 amide bonds. The topological polar surface area (TPSA) is 82.1 Å². The number of methoxy groups -OCH3 is 1. The van der Waals surface area contributed by atoms with Gasteiger partial charge in [0.1, 0.15) is 6.54 Å². The van der Waals surface area contributed by atoms with Crippen molar-refractivity contribution in [2.24, 2.45) is 0 Å². The van der Waals surface area contributed by atoms with E-state index in [4.69, 9.17) is 21.1 Å². The molecule has 1 heterocycles. The van der Waals surface area contributed by atoms with Crippen LogP contribution in [0.2, 0.25) is 5.02 Å². The van der Waals surface area contributed by atoms with E-state index < -0.39 is 23.7 Å². The molecule has 1 atom stereocenters. The van der Waals surface area contributed by atoms with E-state index in [0.717, 1.165) is 23.1 Å². The van der Waals surface area contributed by atoms with Crippen molar-refractivity contribution in [1.82, 2.24) is 4.90 Å². The summed E-state index contributed by atoms with van der Waals surface area (Å²) in [4.78, 5) is 36.9. The first-order chi connectivity index (χ1) is 13.3. The summed E-state index contributed by atoms with van der Waals surface area (Å²) in [5.41, 5.74) is 0.577. The molecule has 2 rings (SSSR count). The highest BCUT2D eigenvalue weighted by atomic mass is 35.5. The van der Waals surface area contributed by atoms with Gasteiger partial charge in [-0.2, -0.15) is 0 Å². The highest BCUT2D eigenvalue weighted by Crippen LogP contribution is 2.39. The molecule has 0 bridgehead atoms. The van der Waals surface area contributed by atoms with Gasteiger partial charge in [0.2, 0.25) is 0 Å². The molecule has 1 aliphatic rings. The molecular formula is C19H22ClNO6S. The van der Waals surface area contributed by atoms with Gasteiger partial charge in [-0.15, -0.1) is 0 Å². The van der Waals surface area contributed by atoms with E-state index in [1.807, 2.05) is 20.8 Å². The lowest BCUT2D eigenvalue weighted by Crippen LogP contribution is -2.34. The van der Waals surface area contributed by atoms with E-state index in [-0.39, 0.29) is 11.0 Å². The molecule has 152 valence electrons. The number of thioether (sulfide) groups is 1. The first kappa shape index (κ1) is 22.1. The first-order valence-electron chi connectivity index (χ1n) is 8.75. The summed E-state index contributed by atoms with van der Waals surface area (Å²) in [5, 5.41) is -0.194. The van der Waals surface area contributed by atoms with E-state index in [0.29, 0.717) is 28.7 Å². The highest BCUT2D eigenvalue weighted by Gasteiger charge is 2.36. The van der Waals surface area contributed by atoms with Crippen LogP contribution >= 0.6 is 23.4 Å². The molecule has 9 heteroatoms. The number of hydrogen-bond donors (Lipinski definition) is 0. The van der Waals surface area contributed by atoms with Crippen LogP contribution in [0.3, 0.4) is 0 Å². The molecule has 0 spiro atoms. The largest absolute Gasteiger partial charge is 0.490 e. The van der Waals surface area contributed by atoms with Crippen LogP contribution in [0, 0.1) is 0 Å². The number of amides is 2. The molecule has 1 aliphatic heterocycles. The van der Waals surface area contributed by atoms with Crippen LogP contribution in [0.5, 0.6) is 11.5 Å². The van der Waals surface area contributed by atoms with Gasteiger partial charge in [0, 0.05) is 0 Å². The average Bonchev–Trinajstić information content (AvgIpc) is 2.91. The summed E-state index contributed by atoms with van der Waals surface area (Å²) in [7, 11) is 1.19. The standard InChI is InChI=1S/C19H22ClNO6S/c1-5-11(3)27-17-13(20)7-12(8-14(17)26-6-2)9-15-18(23)21(19(24)28-15)10-16(22)25-4/h7-9,11H,5-6,10H2,1-4H3/b15-9+. The number of carbonyl (C=O) groups is 3. The summed E-state index contributed by atoms with van der Waals surface area (Å²) in [6, 6.07) is 3.33. The summed E-state index contributed by atoms with van der Waals surface area (Å²) in [5.74, 6) is -0.338. The van der Waals surface area contributed by atoms with Gasteiger partial charge in [0.15, 0.2) is 11.5 Å². The molecule has 7 nitrogen and oxygen atoms in total. The second-order valence-corrected chi connectivity index (χ2v) is 7.34. The van der Waals surface area contributed by atoms with Crippen molar-refractivity contribution in [1.29, 1.82) is 0 Å². The van der Waals surface area contributed by atoms with Gasteiger partial charge in [-0.05, 0) is 55.8 Å². The Labute approximate surface area is 172 Å². The third-order valence-electron chi connectivity index (χ3n) is 3.91. The van der Waals surface area contributed by atoms with Gasteiger partial charge in [-0.25, -0.2) is 0 Å². The number of esters is 1. The number of rotatable bonds is 8. The number of halogens is 1. The molecule has 1 aromatic rings. The Morgan fingerprint density at radius 1 is 1.32 bits per heavy atom. The minimum atomic E-state index is -0.670. The van der Waals surface area contributed by atoms with Crippen molar-refractivity contribution in [3.63, 3.8) is 0 Å². The SMILES string of the molecule is CCOc1cc(/C=C2/SC(=O)N(CC(=O)OC)C2=O)cc(Cl)c1OC(C)CC. The minimum Gasteiger partial charge on any atom is -0.490 e. The van der Waals surface area contributed by atoms with Gasteiger partial charge in [0.25, 0.3) is 11.1 Å². The van der Waals surface area contributed by atoms with Crippen LogP contribution in [0.4, 0.5) is 4.79 Å². The number of carbonyl (C=O) groups excluding carboxylic acids is 3. The van der Waals surface area contributed by atoms with Crippen molar-refractivity contribution in [2.75, 3.05) is 20.3 Å². The Morgan fingerprint density at radius 2 is 2.04 bits per heavy atom. The van der Waals surface area contributed by atoms with Crippen LogP contribution in [0.25, 0.3) is 6.08 Å². The number of nitrogens with zero attached hydrogens (tertiary/aromatic N) is 1. The fourth-order valence-electron chi connectivity index (χ4n) is 2.31. The third-order valence-corrected chi connectivity index (χ3v) is 5.10. The number of ether oxygens (including phenoxy) is 3. The molecule has 0 aromatic heterocycles. The van der Waals surface area contributed by atoms with Crippen LogP contribution in [0.15, 0.2) is 17.0 Å². The maximum absolute atomic E-state index is 12.4. The highest BCUT2D eigenvalue weighted by molar-refractivity contribution is 8.18. The molecular weight excluding hydrogens is 406 g/mol. The van der Waals surface area contributed by atoms with Crippen molar-refractivity contribution in [2.45, 2.75) is 33.3 Å². The van der Waals surface area contributed by atoms with Gasteiger partial charge < -0.3 is 14.2 Å². The molecule has 0 N–H and O–H groups in total. The maximum atomic E-state index is 12.4. The Hall–Kier alpha value is -2.19. The summed E-state index contributed by atoms with van der Waals surface area (Å²) in [6.07, 6.45) is 2.29. The van der Waals surface area contributed by atoms with Crippen LogP contribution < -0.4 is 9.47 Å². The lowest BCUT2D eigenvalue weighted by molar-refractivity contribution is -0.143. The van der Waals surface area contributed by atoms with Crippen molar-refractivity contribution >= 4 is 46.6 Å². The van der Waals surface area contributed by atoms with Crippen molar-refractivity contribution in [3.8, 4) is 11.5 Å². The zero-order chi connectivity index (χ0) is 20.8. The number of hydrogen-bond acceptors (Lipinski definition) is 7. The van der Waals surface area contributed by atoms with Crippen LogP contribution in [-0.4, -0.2) is 48.4 Å². The fraction of sp³-hybridized carbons (Fsp3) is 0.421. The summed E-state index contributed by atoms with van der Waals surface area (Å²) >= 11 is 7.12. The zero-order valence-electron chi connectivity index (χ0n) is 16.1. The third kappa shape index (κ3) is 5.20. The molecule has 1 aromatic carbocycles. The van der Waals surface area contributed by atoms with E-state index in [9.17, 15) is 14.4 Å². The van der Waals surface area contributed by atoms with Gasteiger partial charge in [-0.1, -0.05) is 18.5 Å². The second-order valence-electron chi connectivity index (χ2n) is 5.94. The van der Waals surface area contributed by atoms with E-state index in [1.54, 1.807) is 12.1 Å². The van der Waals surface area contributed by atoms with E-state index in [1.165, 1.54) is 13.2 Å². The molecule has 0 radical (unpaired) electrons. The van der Waals surface area contributed by atoms with E-state index in [2.05, 4.69) is 4.74 Å². The Balaban J connectivity index is 2.33. The molecule has 1 fully saturated rings. The Kier molecular flexibility index (Phi) is 7.77. The molecule has 28 heavy (non-hydrogen) atoms. The Morgan fingerprint density at radius 3 is 2.64 bits per heavy atom. The van der Waals surface area contributed by atoms with Crippen molar-refractivity contribution in [3.05, 3.63) is 27.6 Å². The summed E-state index contributed by atoms with van der Waals surface area (Å²) in [6.45, 7) is 5.75. The fourth-order valence-corrected chi connectivity index (χ4v) is 3.42. The quantitative estimate of drug-likeness (QED) is 0.455. The number of imide groups is 1. The Bertz CT molecular complexity index is 810. The normalized spacial score (nSPS) is 16.5. The van der Waals surface area contributed by atoms with Crippen molar-refractivity contribution < 1.29 is 28.6 Å². The van der Waals surface area contributed by atoms with Gasteiger partial charge >= 0.3 is 5.97 Å². The van der Waals surface area contributed by atoms with Crippen LogP contribution in [-0.2, 0) is 14.3 Å². The maximum Gasteiger partial charge on any atom is 0.325 e. The lowest BCUT2D eigenvalue weighted by atomic mass is 10.1. The smallest absolute Gasteiger partial charge is 0.325 e. The zero-order valence-corrected chi connectivity index (χ0v) is 17.7. The minimum absolute atomic E-state index is 0.0441. The molecule has 1 saturated heterocycles.